The molecule has 21 heavy (non-hydrogen) atoms. The van der Waals surface area contributed by atoms with Crippen molar-refractivity contribution >= 4 is 17.7 Å². The molecule has 0 spiro atoms. The molecule has 0 aliphatic heterocycles. The molecular weight excluding hydrogens is 286 g/mol. The van der Waals surface area contributed by atoms with E-state index in [4.69, 9.17) is 0 Å². The summed E-state index contributed by atoms with van der Waals surface area (Å²) in [6.07, 6.45) is 6.26. The average Bonchev–Trinajstić information content (AvgIpc) is 2.91. The summed E-state index contributed by atoms with van der Waals surface area (Å²) in [5.74, 6) is 0.0236. The molecule has 0 saturated heterocycles. The van der Waals surface area contributed by atoms with Crippen LogP contribution in [0, 0.1) is 0 Å². The number of nitrogens with zero attached hydrogens (tertiary/aromatic N) is 1. The zero-order valence-corrected chi connectivity index (χ0v) is 13.5. The van der Waals surface area contributed by atoms with E-state index >= 15 is 0 Å². The Hall–Kier alpha value is -1.30. The standard InChI is InChI=1S/C15H23N3O2S/c1-3-6-12-9-13(19)18-15(17-12)21-10(2)14(20)16-11-7-4-5-8-11/h9-11H,3-8H2,1-2H3,(H,16,20)(H,17,18,19)/t10-/m0/s1. The molecule has 1 saturated carbocycles. The van der Waals surface area contributed by atoms with E-state index in [0.29, 0.717) is 11.2 Å². The molecule has 1 amide bonds. The van der Waals surface area contributed by atoms with Crippen molar-refractivity contribution in [3.63, 3.8) is 0 Å². The van der Waals surface area contributed by atoms with Gasteiger partial charge < -0.3 is 10.3 Å². The van der Waals surface area contributed by atoms with Gasteiger partial charge in [0.2, 0.25) is 5.91 Å². The topological polar surface area (TPSA) is 74.8 Å². The SMILES string of the molecule is CCCc1cc(=O)[nH]c(S[C@@H](C)C(=O)NC2CCCC2)n1. The Labute approximate surface area is 129 Å². The molecular formula is C15H23N3O2S. The van der Waals surface area contributed by atoms with Crippen LogP contribution in [-0.2, 0) is 11.2 Å². The minimum Gasteiger partial charge on any atom is -0.352 e. The van der Waals surface area contributed by atoms with Crippen molar-refractivity contribution in [2.45, 2.75) is 68.8 Å². The first-order valence-electron chi connectivity index (χ1n) is 7.65. The third-order valence-electron chi connectivity index (χ3n) is 3.64. The summed E-state index contributed by atoms with van der Waals surface area (Å²) in [5, 5.41) is 3.34. The maximum atomic E-state index is 12.1. The molecule has 1 fully saturated rings. The Morgan fingerprint density at radius 2 is 2.24 bits per heavy atom. The summed E-state index contributed by atoms with van der Waals surface area (Å²) in [5.41, 5.74) is 0.631. The van der Waals surface area contributed by atoms with Crippen molar-refractivity contribution in [3.05, 3.63) is 22.1 Å². The fourth-order valence-corrected chi connectivity index (χ4v) is 3.37. The maximum Gasteiger partial charge on any atom is 0.251 e. The second-order valence-electron chi connectivity index (χ2n) is 5.54. The van der Waals surface area contributed by atoms with E-state index in [0.717, 1.165) is 31.4 Å². The first kappa shape index (κ1) is 16.1. The van der Waals surface area contributed by atoms with Crippen LogP contribution in [0.1, 0.15) is 51.6 Å². The number of carbonyl (C=O) groups is 1. The van der Waals surface area contributed by atoms with Crippen molar-refractivity contribution in [1.29, 1.82) is 0 Å². The van der Waals surface area contributed by atoms with Crippen LogP contribution in [0.3, 0.4) is 0 Å². The van der Waals surface area contributed by atoms with Crippen LogP contribution in [0.15, 0.2) is 16.0 Å². The van der Waals surface area contributed by atoms with Crippen LogP contribution in [-0.4, -0.2) is 27.2 Å². The van der Waals surface area contributed by atoms with Gasteiger partial charge in [0.1, 0.15) is 0 Å². The molecule has 0 aromatic carbocycles. The van der Waals surface area contributed by atoms with E-state index in [1.165, 1.54) is 30.7 Å². The van der Waals surface area contributed by atoms with E-state index in [2.05, 4.69) is 15.3 Å². The number of amides is 1. The number of aromatic nitrogens is 2. The fourth-order valence-electron chi connectivity index (χ4n) is 2.53. The van der Waals surface area contributed by atoms with Gasteiger partial charge in [-0.25, -0.2) is 4.98 Å². The van der Waals surface area contributed by atoms with Crippen LogP contribution in [0.4, 0.5) is 0 Å². The monoisotopic (exact) mass is 309 g/mol. The highest BCUT2D eigenvalue weighted by Gasteiger charge is 2.21. The van der Waals surface area contributed by atoms with Crippen molar-refractivity contribution in [2.24, 2.45) is 0 Å². The van der Waals surface area contributed by atoms with E-state index in [1.807, 2.05) is 13.8 Å². The van der Waals surface area contributed by atoms with Gasteiger partial charge in [-0.15, -0.1) is 0 Å². The molecule has 0 unspecified atom stereocenters. The molecule has 1 atom stereocenters. The summed E-state index contributed by atoms with van der Waals surface area (Å²) in [7, 11) is 0. The molecule has 0 radical (unpaired) electrons. The van der Waals surface area contributed by atoms with E-state index in [-0.39, 0.29) is 16.7 Å². The predicted molar refractivity (Wildman–Crippen MR) is 84.6 cm³/mol. The highest BCUT2D eigenvalue weighted by Crippen LogP contribution is 2.21. The normalized spacial score (nSPS) is 16.9. The van der Waals surface area contributed by atoms with E-state index in [9.17, 15) is 9.59 Å². The van der Waals surface area contributed by atoms with Gasteiger partial charge in [0.05, 0.1) is 5.25 Å². The number of aryl methyl sites for hydroxylation is 1. The highest BCUT2D eigenvalue weighted by atomic mass is 32.2. The third-order valence-corrected chi connectivity index (χ3v) is 4.62. The second kappa shape index (κ2) is 7.64. The summed E-state index contributed by atoms with van der Waals surface area (Å²) in [6, 6.07) is 1.84. The molecule has 1 aliphatic rings. The maximum absolute atomic E-state index is 12.1. The quantitative estimate of drug-likeness (QED) is 0.624. The van der Waals surface area contributed by atoms with Crippen molar-refractivity contribution in [2.75, 3.05) is 0 Å². The Morgan fingerprint density at radius 1 is 1.52 bits per heavy atom. The number of carbonyl (C=O) groups excluding carboxylic acids is 1. The fraction of sp³-hybridized carbons (Fsp3) is 0.667. The number of rotatable bonds is 6. The minimum atomic E-state index is -0.259. The molecule has 1 heterocycles. The minimum absolute atomic E-state index is 0.0236. The Bertz CT molecular complexity index is 538. The molecule has 1 aromatic rings. The molecule has 1 aromatic heterocycles. The van der Waals surface area contributed by atoms with Gasteiger partial charge in [-0.05, 0) is 26.2 Å². The molecule has 5 nitrogen and oxygen atoms in total. The van der Waals surface area contributed by atoms with Gasteiger partial charge in [0.25, 0.3) is 5.56 Å². The smallest absolute Gasteiger partial charge is 0.251 e. The van der Waals surface area contributed by atoms with Crippen LogP contribution >= 0.6 is 11.8 Å². The van der Waals surface area contributed by atoms with Gasteiger partial charge >= 0.3 is 0 Å². The largest absolute Gasteiger partial charge is 0.352 e. The highest BCUT2D eigenvalue weighted by molar-refractivity contribution is 8.00. The van der Waals surface area contributed by atoms with Crippen molar-refractivity contribution < 1.29 is 4.79 Å². The van der Waals surface area contributed by atoms with Gasteiger partial charge in [-0.3, -0.25) is 9.59 Å². The number of H-pyrrole nitrogens is 1. The summed E-state index contributed by atoms with van der Waals surface area (Å²) in [4.78, 5) is 30.9. The van der Waals surface area contributed by atoms with Crippen LogP contribution < -0.4 is 10.9 Å². The Balaban J connectivity index is 1.96. The number of nitrogens with one attached hydrogen (secondary N) is 2. The van der Waals surface area contributed by atoms with Gasteiger partial charge in [-0.1, -0.05) is 37.9 Å². The predicted octanol–water partition coefficient (Wildman–Crippen LogP) is 2.26. The summed E-state index contributed by atoms with van der Waals surface area (Å²) >= 11 is 1.31. The Morgan fingerprint density at radius 3 is 2.90 bits per heavy atom. The third kappa shape index (κ3) is 4.88. The number of aromatic amines is 1. The molecule has 1 aliphatic carbocycles. The lowest BCUT2D eigenvalue weighted by molar-refractivity contribution is -0.120. The number of hydrogen-bond donors (Lipinski definition) is 2. The van der Waals surface area contributed by atoms with E-state index < -0.39 is 0 Å². The lowest BCUT2D eigenvalue weighted by Crippen LogP contribution is -2.37. The van der Waals surface area contributed by atoms with Crippen molar-refractivity contribution in [3.8, 4) is 0 Å². The van der Waals surface area contributed by atoms with Crippen LogP contribution in [0.5, 0.6) is 0 Å². The van der Waals surface area contributed by atoms with E-state index in [1.54, 1.807) is 0 Å². The summed E-state index contributed by atoms with van der Waals surface area (Å²) < 4.78 is 0. The molecule has 116 valence electrons. The lowest BCUT2D eigenvalue weighted by Gasteiger charge is -2.16. The molecule has 2 N–H and O–H groups in total. The number of thioether (sulfide) groups is 1. The second-order valence-corrected chi connectivity index (χ2v) is 6.87. The average molecular weight is 309 g/mol. The molecule has 6 heteroatoms. The van der Waals surface area contributed by atoms with Crippen LogP contribution in [0.25, 0.3) is 0 Å². The lowest BCUT2D eigenvalue weighted by atomic mass is 10.2. The van der Waals surface area contributed by atoms with Gasteiger partial charge in [0, 0.05) is 17.8 Å². The van der Waals surface area contributed by atoms with Crippen molar-refractivity contribution in [1.82, 2.24) is 15.3 Å². The molecule has 2 rings (SSSR count). The van der Waals surface area contributed by atoms with Gasteiger partial charge in [0.15, 0.2) is 5.16 Å². The first-order chi connectivity index (χ1) is 10.1. The number of hydrogen-bond acceptors (Lipinski definition) is 4. The zero-order chi connectivity index (χ0) is 15.2. The van der Waals surface area contributed by atoms with Gasteiger partial charge in [-0.2, -0.15) is 0 Å². The Kier molecular flexibility index (Phi) is 5.85. The summed E-state index contributed by atoms with van der Waals surface area (Å²) in [6.45, 7) is 3.90. The zero-order valence-electron chi connectivity index (χ0n) is 12.6. The first-order valence-corrected chi connectivity index (χ1v) is 8.53. The van der Waals surface area contributed by atoms with Crippen LogP contribution in [0.2, 0.25) is 0 Å². The molecule has 0 bridgehead atoms.